The molecule has 0 saturated heterocycles. The van der Waals surface area contributed by atoms with Gasteiger partial charge in [0, 0.05) is 0 Å². The number of aromatic amines is 1. The van der Waals surface area contributed by atoms with Crippen LogP contribution >= 0.6 is 11.6 Å². The van der Waals surface area contributed by atoms with E-state index in [2.05, 4.69) is 22.1 Å². The molecule has 4 rings (SSSR count). The Morgan fingerprint density at radius 2 is 1.91 bits per heavy atom. The van der Waals surface area contributed by atoms with Gasteiger partial charge in [-0.25, -0.2) is 4.98 Å². The number of benzene rings is 3. The van der Waals surface area contributed by atoms with Gasteiger partial charge < -0.3 is 14.5 Å². The summed E-state index contributed by atoms with van der Waals surface area (Å²) in [5, 5.41) is 10.2. The van der Waals surface area contributed by atoms with Crippen molar-refractivity contribution in [2.24, 2.45) is 0 Å². The summed E-state index contributed by atoms with van der Waals surface area (Å²) in [5.41, 5.74) is 6.15. The van der Waals surface area contributed by atoms with Crippen LogP contribution in [0.15, 0.2) is 54.6 Å². The Hall–Kier alpha value is -3.75. The Labute approximate surface area is 198 Å². The lowest BCUT2D eigenvalue weighted by atomic mass is 10.1. The minimum atomic E-state index is 0.374. The molecule has 1 N–H and O–H groups in total. The first-order valence-electron chi connectivity index (χ1n) is 10.7. The highest BCUT2D eigenvalue weighted by atomic mass is 35.5. The number of halogens is 1. The highest BCUT2D eigenvalue weighted by Gasteiger charge is 2.14. The van der Waals surface area contributed by atoms with Crippen LogP contribution in [0.1, 0.15) is 35.0 Å². The van der Waals surface area contributed by atoms with Crippen molar-refractivity contribution >= 4 is 34.3 Å². The fourth-order valence-electron chi connectivity index (χ4n) is 3.60. The van der Waals surface area contributed by atoms with Crippen LogP contribution in [0.4, 0.5) is 0 Å². The fourth-order valence-corrected chi connectivity index (χ4v) is 3.88. The molecule has 0 saturated carbocycles. The van der Waals surface area contributed by atoms with Crippen LogP contribution in [0.3, 0.4) is 0 Å². The molecule has 0 atom stereocenters. The van der Waals surface area contributed by atoms with Gasteiger partial charge in [-0.2, -0.15) is 5.26 Å². The number of rotatable bonds is 7. The Kier molecular flexibility index (Phi) is 6.67. The van der Waals surface area contributed by atoms with E-state index in [0.29, 0.717) is 41.1 Å². The highest BCUT2D eigenvalue weighted by molar-refractivity contribution is 6.32. The van der Waals surface area contributed by atoms with Gasteiger partial charge in [0.1, 0.15) is 18.5 Å². The predicted molar refractivity (Wildman–Crippen MR) is 132 cm³/mol. The second-order valence-corrected chi connectivity index (χ2v) is 8.22. The molecule has 0 bridgehead atoms. The zero-order chi connectivity index (χ0) is 23.4. The monoisotopic (exact) mass is 457 g/mol. The number of nitriles is 1. The van der Waals surface area contributed by atoms with Crippen molar-refractivity contribution in [3.8, 4) is 17.6 Å². The maximum atomic E-state index is 9.78. The molecule has 166 valence electrons. The third-order valence-electron chi connectivity index (χ3n) is 5.12. The van der Waals surface area contributed by atoms with Crippen LogP contribution in [0, 0.1) is 25.2 Å². The van der Waals surface area contributed by atoms with Gasteiger partial charge in [0.25, 0.3) is 0 Å². The van der Waals surface area contributed by atoms with Gasteiger partial charge in [-0.05, 0) is 67.8 Å². The average Bonchev–Trinajstić information content (AvgIpc) is 3.20. The van der Waals surface area contributed by atoms with E-state index >= 15 is 0 Å². The van der Waals surface area contributed by atoms with Crippen molar-refractivity contribution in [3.05, 3.63) is 87.7 Å². The van der Waals surface area contributed by atoms with Crippen LogP contribution in [-0.2, 0) is 6.61 Å². The summed E-state index contributed by atoms with van der Waals surface area (Å²) >= 11 is 6.58. The summed E-state index contributed by atoms with van der Waals surface area (Å²) in [6, 6.07) is 19.9. The summed E-state index contributed by atoms with van der Waals surface area (Å²) in [5.74, 6) is 1.52. The lowest BCUT2D eigenvalue weighted by molar-refractivity contribution is 0.269. The summed E-state index contributed by atoms with van der Waals surface area (Å²) in [6.07, 6.45) is 1.74. The molecule has 1 heterocycles. The molecule has 0 fully saturated rings. The van der Waals surface area contributed by atoms with Crippen LogP contribution in [0.25, 0.3) is 22.7 Å². The molecule has 0 unspecified atom stereocenters. The SMILES string of the molecule is CCOc1cc(/C=C(/C#N)c2nc3ccc(C)cc3[nH]2)cc(Cl)c1OCc1cccc(C)c1. The highest BCUT2D eigenvalue weighted by Crippen LogP contribution is 2.38. The lowest BCUT2D eigenvalue weighted by Gasteiger charge is -2.15. The zero-order valence-corrected chi connectivity index (χ0v) is 19.5. The van der Waals surface area contributed by atoms with Crippen molar-refractivity contribution in [3.63, 3.8) is 0 Å². The number of aryl methyl sites for hydroxylation is 2. The molecule has 0 aliphatic rings. The molecule has 5 nitrogen and oxygen atoms in total. The molecular formula is C27H24ClN3O2. The molecule has 0 aliphatic heterocycles. The number of ether oxygens (including phenoxy) is 2. The van der Waals surface area contributed by atoms with Gasteiger partial charge in [0.2, 0.25) is 0 Å². The van der Waals surface area contributed by atoms with Gasteiger partial charge in [-0.3, -0.25) is 0 Å². The minimum absolute atomic E-state index is 0.374. The van der Waals surface area contributed by atoms with Gasteiger partial charge in [-0.1, -0.05) is 47.5 Å². The minimum Gasteiger partial charge on any atom is -0.490 e. The quantitative estimate of drug-likeness (QED) is 0.307. The first-order valence-corrected chi connectivity index (χ1v) is 11.1. The van der Waals surface area contributed by atoms with Crippen molar-refractivity contribution in [1.29, 1.82) is 5.26 Å². The molecule has 1 aromatic heterocycles. The lowest BCUT2D eigenvalue weighted by Crippen LogP contribution is -2.01. The number of allylic oxidation sites excluding steroid dienone is 1. The van der Waals surface area contributed by atoms with Crippen molar-refractivity contribution in [1.82, 2.24) is 9.97 Å². The third kappa shape index (κ3) is 5.19. The number of H-pyrrole nitrogens is 1. The van der Waals surface area contributed by atoms with E-state index in [0.717, 1.165) is 33.3 Å². The van der Waals surface area contributed by atoms with Crippen LogP contribution in [0.5, 0.6) is 11.5 Å². The predicted octanol–water partition coefficient (Wildman–Crippen LogP) is 6.88. The van der Waals surface area contributed by atoms with E-state index in [1.165, 1.54) is 0 Å². The average molecular weight is 458 g/mol. The third-order valence-corrected chi connectivity index (χ3v) is 5.40. The molecule has 3 aromatic carbocycles. The summed E-state index contributed by atoms with van der Waals surface area (Å²) in [4.78, 5) is 7.78. The Morgan fingerprint density at radius 3 is 2.67 bits per heavy atom. The van der Waals surface area contributed by atoms with E-state index < -0.39 is 0 Å². The maximum Gasteiger partial charge on any atom is 0.180 e. The van der Waals surface area contributed by atoms with E-state index in [9.17, 15) is 5.26 Å². The first-order chi connectivity index (χ1) is 16.0. The number of imidazole rings is 1. The number of hydrogen-bond donors (Lipinski definition) is 1. The first kappa shape index (κ1) is 22.4. The van der Waals surface area contributed by atoms with E-state index in [1.807, 2.05) is 63.2 Å². The Morgan fingerprint density at radius 1 is 1.09 bits per heavy atom. The summed E-state index contributed by atoms with van der Waals surface area (Å²) in [7, 11) is 0. The van der Waals surface area contributed by atoms with Crippen molar-refractivity contribution < 1.29 is 9.47 Å². The largest absolute Gasteiger partial charge is 0.490 e. The molecule has 4 aromatic rings. The number of hydrogen-bond acceptors (Lipinski definition) is 4. The van der Waals surface area contributed by atoms with Gasteiger partial charge in [-0.15, -0.1) is 0 Å². The molecule has 0 spiro atoms. The number of nitrogens with one attached hydrogen (secondary N) is 1. The molecule has 0 amide bonds. The molecule has 0 aliphatic carbocycles. The second kappa shape index (κ2) is 9.81. The Balaban J connectivity index is 1.66. The summed E-state index contributed by atoms with van der Waals surface area (Å²) in [6.45, 7) is 6.79. The van der Waals surface area contributed by atoms with Crippen LogP contribution in [0.2, 0.25) is 5.02 Å². The van der Waals surface area contributed by atoms with E-state index in [4.69, 9.17) is 21.1 Å². The standard InChI is InChI=1S/C27H24ClN3O2/c1-4-32-25-14-20(13-22(28)26(25)33-16-19-7-5-6-17(2)10-19)12-21(15-29)27-30-23-9-8-18(3)11-24(23)31-27/h5-14H,4,16H2,1-3H3,(H,30,31)/b21-12-. The topological polar surface area (TPSA) is 70.9 Å². The normalized spacial score (nSPS) is 11.4. The number of aromatic nitrogens is 2. The van der Waals surface area contributed by atoms with Crippen molar-refractivity contribution in [2.45, 2.75) is 27.4 Å². The zero-order valence-electron chi connectivity index (χ0n) is 18.8. The molecular weight excluding hydrogens is 434 g/mol. The van der Waals surface area contributed by atoms with E-state index in [-0.39, 0.29) is 0 Å². The molecule has 33 heavy (non-hydrogen) atoms. The van der Waals surface area contributed by atoms with Crippen molar-refractivity contribution in [2.75, 3.05) is 6.61 Å². The smallest absolute Gasteiger partial charge is 0.180 e. The number of fused-ring (bicyclic) bond motifs is 1. The van der Waals surface area contributed by atoms with Crippen LogP contribution in [-0.4, -0.2) is 16.6 Å². The maximum absolute atomic E-state index is 9.78. The van der Waals surface area contributed by atoms with Gasteiger partial charge in [0.15, 0.2) is 11.5 Å². The van der Waals surface area contributed by atoms with Crippen LogP contribution < -0.4 is 9.47 Å². The van der Waals surface area contributed by atoms with Gasteiger partial charge >= 0.3 is 0 Å². The van der Waals surface area contributed by atoms with Gasteiger partial charge in [0.05, 0.1) is 28.2 Å². The molecule has 0 radical (unpaired) electrons. The van der Waals surface area contributed by atoms with E-state index in [1.54, 1.807) is 12.1 Å². The Bertz CT molecular complexity index is 1380. The second-order valence-electron chi connectivity index (χ2n) is 7.82. The fraction of sp³-hybridized carbons (Fsp3) is 0.185. The summed E-state index contributed by atoms with van der Waals surface area (Å²) < 4.78 is 11.8. The molecule has 6 heteroatoms. The number of nitrogens with zero attached hydrogens (tertiary/aromatic N) is 2.